The molecular formula is C25H40N6O8. The van der Waals surface area contributed by atoms with Crippen LogP contribution in [0, 0.1) is 5.21 Å². The van der Waals surface area contributed by atoms with Gasteiger partial charge in [-0.05, 0) is 12.5 Å². The first kappa shape index (κ1) is 31.9. The van der Waals surface area contributed by atoms with Crippen LogP contribution in [0.2, 0.25) is 0 Å². The van der Waals surface area contributed by atoms with Crippen LogP contribution in [-0.2, 0) is 20.9 Å². The van der Waals surface area contributed by atoms with Gasteiger partial charge in [-0.25, -0.2) is 0 Å². The third-order valence-electron chi connectivity index (χ3n) is 6.50. The zero-order valence-electron chi connectivity index (χ0n) is 22.5. The summed E-state index contributed by atoms with van der Waals surface area (Å²) in [7, 11) is 0. The minimum Gasteiger partial charge on any atom is -0.618 e. The van der Waals surface area contributed by atoms with E-state index in [1.807, 2.05) is 11.8 Å². The monoisotopic (exact) mass is 552 g/mol. The number of nitrogens with one attached hydrogen (secondary N) is 1. The minimum absolute atomic E-state index is 0.105. The van der Waals surface area contributed by atoms with Gasteiger partial charge in [0.05, 0.1) is 26.2 Å². The number of rotatable bonds is 12. The van der Waals surface area contributed by atoms with E-state index in [0.717, 1.165) is 12.8 Å². The first-order chi connectivity index (χ1) is 18.6. The van der Waals surface area contributed by atoms with Crippen LogP contribution < -0.4 is 10.0 Å². The van der Waals surface area contributed by atoms with Crippen molar-refractivity contribution in [3.63, 3.8) is 0 Å². The van der Waals surface area contributed by atoms with Gasteiger partial charge in [0.25, 0.3) is 5.91 Å². The van der Waals surface area contributed by atoms with E-state index in [1.165, 1.54) is 12.3 Å². The molecule has 1 saturated heterocycles. The second-order valence-electron chi connectivity index (χ2n) is 9.59. The van der Waals surface area contributed by atoms with E-state index in [-0.39, 0.29) is 43.3 Å². The van der Waals surface area contributed by atoms with Crippen LogP contribution in [0.15, 0.2) is 18.3 Å². The van der Waals surface area contributed by atoms with E-state index in [1.54, 1.807) is 20.8 Å². The van der Waals surface area contributed by atoms with Gasteiger partial charge in [-0.3, -0.25) is 38.8 Å². The number of nitrogens with zero attached hydrogens (tertiary/aromatic N) is 5. The predicted molar refractivity (Wildman–Crippen MR) is 140 cm³/mol. The molecule has 0 radical (unpaired) electrons. The molecule has 0 atom stereocenters. The number of aromatic nitrogens is 1. The number of aliphatic carboxylic acids is 3. The van der Waals surface area contributed by atoms with Crippen molar-refractivity contribution >= 4 is 23.8 Å². The molecule has 0 unspecified atom stereocenters. The van der Waals surface area contributed by atoms with Crippen LogP contribution in [0.5, 0.6) is 0 Å². The van der Waals surface area contributed by atoms with E-state index >= 15 is 0 Å². The zero-order chi connectivity index (χ0) is 28.8. The number of pyridine rings is 1. The Labute approximate surface area is 228 Å². The number of hydrogen-bond donors (Lipinski definition) is 4. The Morgan fingerprint density at radius 3 is 1.67 bits per heavy atom. The Balaban J connectivity index is 2.28. The zero-order valence-corrected chi connectivity index (χ0v) is 22.5. The Morgan fingerprint density at radius 2 is 1.26 bits per heavy atom. The van der Waals surface area contributed by atoms with E-state index < -0.39 is 17.9 Å². The maximum atomic E-state index is 12.8. The molecule has 4 N–H and O–H groups in total. The van der Waals surface area contributed by atoms with Crippen molar-refractivity contribution in [2.24, 2.45) is 0 Å². The predicted octanol–water partition coefficient (Wildman–Crippen LogP) is -1.17. The first-order valence-electron chi connectivity index (χ1n) is 13.1. The van der Waals surface area contributed by atoms with Gasteiger partial charge in [-0.15, -0.1) is 0 Å². The minimum atomic E-state index is -1.02. The highest BCUT2D eigenvalue weighted by atomic mass is 16.5. The van der Waals surface area contributed by atoms with Gasteiger partial charge < -0.3 is 25.8 Å². The number of unbranched alkanes of at least 4 members (excludes halogenated alkanes) is 1. The summed E-state index contributed by atoms with van der Waals surface area (Å²) in [6.45, 7) is 4.38. The lowest BCUT2D eigenvalue weighted by atomic mass is 10.1. The quantitative estimate of drug-likeness (QED) is 0.139. The highest BCUT2D eigenvalue weighted by molar-refractivity contribution is 5.94. The first-order valence-corrected chi connectivity index (χ1v) is 13.1. The number of hydrogen-bond acceptors (Lipinski definition) is 9. The SMILES string of the molecule is CCCCNC(=O)c1ccc[n+]([O-])c1CN1CCN(CC(=O)O)CCN(CC(=O)O)CCN(CC(=O)O)CC1. The van der Waals surface area contributed by atoms with E-state index in [0.29, 0.717) is 63.6 Å². The number of carbonyl (C=O) groups is 4. The summed E-state index contributed by atoms with van der Waals surface area (Å²) in [5.41, 5.74) is 0.504. The normalized spacial score (nSPS) is 17.2. The molecule has 2 rings (SSSR count). The number of carbonyl (C=O) groups excluding carboxylic acids is 1. The lowest BCUT2D eigenvalue weighted by Gasteiger charge is -2.32. The van der Waals surface area contributed by atoms with Crippen LogP contribution in [-0.4, -0.2) is 137 Å². The number of amides is 1. The smallest absolute Gasteiger partial charge is 0.317 e. The van der Waals surface area contributed by atoms with E-state index in [4.69, 9.17) is 0 Å². The molecule has 0 aromatic carbocycles. The maximum absolute atomic E-state index is 12.8. The fourth-order valence-electron chi connectivity index (χ4n) is 4.35. The molecule has 1 amide bonds. The fraction of sp³-hybridized carbons (Fsp3) is 0.640. The fourth-order valence-corrected chi connectivity index (χ4v) is 4.35. The van der Waals surface area contributed by atoms with E-state index in [2.05, 4.69) is 5.32 Å². The van der Waals surface area contributed by atoms with Crippen LogP contribution in [0.1, 0.15) is 35.8 Å². The van der Waals surface area contributed by atoms with Crippen molar-refractivity contribution in [3.05, 3.63) is 34.8 Å². The van der Waals surface area contributed by atoms with Crippen molar-refractivity contribution < 1.29 is 39.2 Å². The Hall–Kier alpha value is -3.33. The highest BCUT2D eigenvalue weighted by Gasteiger charge is 2.24. The summed E-state index contributed by atoms with van der Waals surface area (Å²) in [4.78, 5) is 54.1. The molecule has 1 aromatic rings. The van der Waals surface area contributed by atoms with Gasteiger partial charge in [-0.1, -0.05) is 13.3 Å². The summed E-state index contributed by atoms with van der Waals surface area (Å²) >= 11 is 0. The molecular weight excluding hydrogens is 512 g/mol. The van der Waals surface area contributed by atoms with Gasteiger partial charge >= 0.3 is 17.9 Å². The molecule has 0 spiro atoms. The molecule has 1 aliphatic rings. The summed E-state index contributed by atoms with van der Waals surface area (Å²) < 4.78 is 0.651. The van der Waals surface area contributed by atoms with Crippen molar-refractivity contribution in [1.29, 1.82) is 0 Å². The summed E-state index contributed by atoms with van der Waals surface area (Å²) in [6, 6.07) is 3.10. The van der Waals surface area contributed by atoms with Crippen molar-refractivity contribution in [2.45, 2.75) is 26.3 Å². The van der Waals surface area contributed by atoms with E-state index in [9.17, 15) is 39.7 Å². The molecule has 0 saturated carbocycles. The van der Waals surface area contributed by atoms with Crippen LogP contribution in [0.25, 0.3) is 0 Å². The highest BCUT2D eigenvalue weighted by Crippen LogP contribution is 2.10. The van der Waals surface area contributed by atoms with Gasteiger partial charge in [0.15, 0.2) is 6.20 Å². The molecule has 1 aromatic heterocycles. The molecule has 14 heteroatoms. The molecule has 0 bridgehead atoms. The maximum Gasteiger partial charge on any atom is 0.317 e. The summed E-state index contributed by atoms with van der Waals surface area (Å²) in [5.74, 6) is -3.40. The largest absolute Gasteiger partial charge is 0.618 e. The molecule has 2 heterocycles. The number of carboxylic acid groups (broad SMARTS) is 3. The Kier molecular flexibility index (Phi) is 13.6. The standard InChI is InChI=1S/C25H40N6O8/c1-2-3-6-26-25(38)20-5-4-7-31(39)21(20)16-27-8-10-28(17-22(32)33)12-14-30(19-24(36)37)15-13-29(11-9-27)18-23(34)35/h4-5,7H,2-3,6,8-19H2,1H3,(H,26,38)(H,32,33)(H,34,35)(H,36,37). The molecule has 218 valence electrons. The van der Waals surface area contributed by atoms with Gasteiger partial charge in [0, 0.05) is 65.0 Å². The van der Waals surface area contributed by atoms with Crippen LogP contribution >= 0.6 is 0 Å². The van der Waals surface area contributed by atoms with Gasteiger partial charge in [-0.2, -0.15) is 4.73 Å². The van der Waals surface area contributed by atoms with Crippen LogP contribution in [0.4, 0.5) is 0 Å². The molecule has 0 aliphatic carbocycles. The third kappa shape index (κ3) is 11.9. The molecule has 14 nitrogen and oxygen atoms in total. The lowest BCUT2D eigenvalue weighted by Crippen LogP contribution is -2.49. The van der Waals surface area contributed by atoms with Gasteiger partial charge in [0.1, 0.15) is 5.56 Å². The van der Waals surface area contributed by atoms with Gasteiger partial charge in [0.2, 0.25) is 5.69 Å². The topological polar surface area (TPSA) is 181 Å². The molecule has 39 heavy (non-hydrogen) atoms. The third-order valence-corrected chi connectivity index (χ3v) is 6.50. The van der Waals surface area contributed by atoms with Crippen molar-refractivity contribution in [2.75, 3.05) is 78.5 Å². The Morgan fingerprint density at radius 1 is 0.821 bits per heavy atom. The lowest BCUT2D eigenvalue weighted by molar-refractivity contribution is -0.615. The second-order valence-corrected chi connectivity index (χ2v) is 9.59. The molecule has 1 fully saturated rings. The number of carboxylic acids is 3. The molecule has 1 aliphatic heterocycles. The van der Waals surface area contributed by atoms with Crippen molar-refractivity contribution in [3.8, 4) is 0 Å². The second kappa shape index (κ2) is 16.6. The Bertz CT molecular complexity index is 946. The van der Waals surface area contributed by atoms with Crippen molar-refractivity contribution in [1.82, 2.24) is 24.9 Å². The van der Waals surface area contributed by atoms with Crippen LogP contribution in [0.3, 0.4) is 0 Å². The average Bonchev–Trinajstić information content (AvgIpc) is 2.85. The summed E-state index contributed by atoms with van der Waals surface area (Å²) in [6.07, 6.45) is 3.03. The average molecular weight is 553 g/mol. The summed E-state index contributed by atoms with van der Waals surface area (Å²) in [5, 5.41) is 43.6.